The summed E-state index contributed by atoms with van der Waals surface area (Å²) in [6.07, 6.45) is 4.53. The number of urea groups is 1. The molecule has 0 saturated heterocycles. The minimum Gasteiger partial charge on any atom is -0.335 e. The first-order valence-electron chi connectivity index (χ1n) is 8.47. The molecule has 0 aromatic rings. The molecule has 0 aromatic heterocycles. The Bertz CT molecular complexity index is 347. The van der Waals surface area contributed by atoms with Crippen LogP contribution >= 0.6 is 0 Å². The Morgan fingerprint density at radius 1 is 1.15 bits per heavy atom. The van der Waals surface area contributed by atoms with E-state index in [2.05, 4.69) is 39.9 Å². The van der Waals surface area contributed by atoms with Gasteiger partial charge in [-0.25, -0.2) is 4.79 Å². The molecule has 0 bridgehead atoms. The Kier molecular flexibility index (Phi) is 4.66. The first-order chi connectivity index (χ1) is 9.41. The van der Waals surface area contributed by atoms with Crippen LogP contribution < -0.4 is 5.32 Å². The summed E-state index contributed by atoms with van der Waals surface area (Å²) in [5.41, 5.74) is 0.514. The van der Waals surface area contributed by atoms with Crippen molar-refractivity contribution in [3.8, 4) is 0 Å². The van der Waals surface area contributed by atoms with E-state index < -0.39 is 0 Å². The molecule has 0 aromatic carbocycles. The summed E-state index contributed by atoms with van der Waals surface area (Å²) in [5, 5.41) is 3.32. The van der Waals surface area contributed by atoms with Crippen LogP contribution in [0, 0.1) is 23.2 Å². The summed E-state index contributed by atoms with van der Waals surface area (Å²) in [7, 11) is 0. The van der Waals surface area contributed by atoms with Crippen molar-refractivity contribution in [2.75, 3.05) is 13.1 Å². The van der Waals surface area contributed by atoms with Gasteiger partial charge in [-0.05, 0) is 48.9 Å². The molecule has 0 heterocycles. The second kappa shape index (κ2) is 5.95. The van der Waals surface area contributed by atoms with Crippen molar-refractivity contribution in [2.24, 2.45) is 23.2 Å². The lowest BCUT2D eigenvalue weighted by Crippen LogP contribution is -2.48. The summed E-state index contributed by atoms with van der Waals surface area (Å²) >= 11 is 0. The molecule has 2 aliphatic rings. The molecule has 2 aliphatic carbocycles. The van der Waals surface area contributed by atoms with Crippen LogP contribution in [0.1, 0.15) is 60.3 Å². The predicted molar refractivity (Wildman–Crippen MR) is 83.6 cm³/mol. The maximum Gasteiger partial charge on any atom is 0.317 e. The smallest absolute Gasteiger partial charge is 0.317 e. The van der Waals surface area contributed by atoms with Gasteiger partial charge in [0.1, 0.15) is 0 Å². The molecular formula is C17H32N2O. The van der Waals surface area contributed by atoms with Gasteiger partial charge < -0.3 is 10.2 Å². The van der Waals surface area contributed by atoms with E-state index in [0.717, 1.165) is 37.8 Å². The van der Waals surface area contributed by atoms with Crippen molar-refractivity contribution in [1.82, 2.24) is 10.2 Å². The molecule has 4 atom stereocenters. The predicted octanol–water partition coefficient (Wildman–Crippen LogP) is 3.89. The quantitative estimate of drug-likeness (QED) is 0.814. The summed E-state index contributed by atoms with van der Waals surface area (Å²) in [6.45, 7) is 13.1. The number of carbonyl (C=O) groups is 1. The maximum absolute atomic E-state index is 12.4. The molecule has 4 unspecified atom stereocenters. The number of carbonyl (C=O) groups excluding carboxylic acids is 1. The van der Waals surface area contributed by atoms with Gasteiger partial charge in [0.2, 0.25) is 0 Å². The van der Waals surface area contributed by atoms with Gasteiger partial charge in [0.25, 0.3) is 0 Å². The number of nitrogens with one attached hydrogen (secondary N) is 1. The van der Waals surface area contributed by atoms with Gasteiger partial charge in [-0.3, -0.25) is 0 Å². The molecule has 2 rings (SSSR count). The number of hydrogen-bond donors (Lipinski definition) is 1. The van der Waals surface area contributed by atoms with Gasteiger partial charge in [-0.1, -0.05) is 34.6 Å². The van der Waals surface area contributed by atoms with E-state index in [-0.39, 0.29) is 6.03 Å². The van der Waals surface area contributed by atoms with Crippen molar-refractivity contribution in [3.63, 3.8) is 0 Å². The largest absolute Gasteiger partial charge is 0.335 e. The first-order valence-corrected chi connectivity index (χ1v) is 8.47. The maximum atomic E-state index is 12.4. The van der Waals surface area contributed by atoms with E-state index in [4.69, 9.17) is 0 Å². The molecule has 116 valence electrons. The molecule has 1 N–H and O–H groups in total. The van der Waals surface area contributed by atoms with Crippen molar-refractivity contribution >= 4 is 6.03 Å². The van der Waals surface area contributed by atoms with Crippen LogP contribution in [0.25, 0.3) is 0 Å². The first kappa shape index (κ1) is 15.7. The van der Waals surface area contributed by atoms with Gasteiger partial charge in [-0.15, -0.1) is 0 Å². The van der Waals surface area contributed by atoms with Gasteiger partial charge in [0.05, 0.1) is 0 Å². The SMILES string of the molecule is CCCN(CCC)C(=O)NC1CC2C(CC1C)C2(C)C. The summed E-state index contributed by atoms with van der Waals surface area (Å²) in [4.78, 5) is 14.4. The Balaban J connectivity index is 1.90. The Morgan fingerprint density at radius 3 is 2.25 bits per heavy atom. The summed E-state index contributed by atoms with van der Waals surface area (Å²) < 4.78 is 0. The zero-order valence-electron chi connectivity index (χ0n) is 13.9. The number of nitrogens with zero attached hydrogens (tertiary/aromatic N) is 1. The molecule has 0 aliphatic heterocycles. The molecule has 2 saturated carbocycles. The number of rotatable bonds is 5. The lowest BCUT2D eigenvalue weighted by molar-refractivity contribution is 0.181. The summed E-state index contributed by atoms with van der Waals surface area (Å²) in [5.74, 6) is 2.34. The Hall–Kier alpha value is -0.730. The van der Waals surface area contributed by atoms with E-state index in [0.29, 0.717) is 17.4 Å². The molecule has 0 radical (unpaired) electrons. The van der Waals surface area contributed by atoms with E-state index in [9.17, 15) is 4.79 Å². The normalized spacial score (nSPS) is 34.2. The zero-order valence-corrected chi connectivity index (χ0v) is 13.9. The van der Waals surface area contributed by atoms with Gasteiger partial charge in [0, 0.05) is 19.1 Å². The van der Waals surface area contributed by atoms with Crippen LogP contribution in [-0.2, 0) is 0 Å². The second-order valence-corrected chi connectivity index (χ2v) is 7.53. The van der Waals surface area contributed by atoms with Crippen molar-refractivity contribution in [2.45, 2.75) is 66.3 Å². The minimum atomic E-state index is 0.155. The summed E-state index contributed by atoms with van der Waals surface area (Å²) in [6, 6.07) is 0.532. The van der Waals surface area contributed by atoms with E-state index in [1.54, 1.807) is 0 Å². The van der Waals surface area contributed by atoms with E-state index >= 15 is 0 Å². The van der Waals surface area contributed by atoms with E-state index in [1.165, 1.54) is 12.8 Å². The van der Waals surface area contributed by atoms with Crippen LogP contribution in [0.15, 0.2) is 0 Å². The lowest BCUT2D eigenvalue weighted by atomic mass is 9.86. The number of amides is 2. The van der Waals surface area contributed by atoms with Crippen molar-refractivity contribution < 1.29 is 4.79 Å². The number of fused-ring (bicyclic) bond motifs is 1. The van der Waals surface area contributed by atoms with Crippen LogP contribution in [0.3, 0.4) is 0 Å². The molecule has 0 spiro atoms. The second-order valence-electron chi connectivity index (χ2n) is 7.53. The molecular weight excluding hydrogens is 248 g/mol. The van der Waals surface area contributed by atoms with Crippen LogP contribution in [0.5, 0.6) is 0 Å². The van der Waals surface area contributed by atoms with E-state index in [1.807, 2.05) is 4.90 Å². The van der Waals surface area contributed by atoms with Crippen LogP contribution in [0.2, 0.25) is 0 Å². The zero-order chi connectivity index (χ0) is 14.9. The van der Waals surface area contributed by atoms with Crippen LogP contribution in [-0.4, -0.2) is 30.1 Å². The average Bonchev–Trinajstić information content (AvgIpc) is 2.90. The van der Waals surface area contributed by atoms with Crippen molar-refractivity contribution in [3.05, 3.63) is 0 Å². The molecule has 20 heavy (non-hydrogen) atoms. The molecule has 3 heteroatoms. The monoisotopic (exact) mass is 280 g/mol. The fourth-order valence-electron chi connectivity index (χ4n) is 4.17. The van der Waals surface area contributed by atoms with Gasteiger partial charge in [-0.2, -0.15) is 0 Å². The third-order valence-electron chi connectivity index (χ3n) is 5.69. The Morgan fingerprint density at radius 2 is 1.70 bits per heavy atom. The average molecular weight is 280 g/mol. The highest BCUT2D eigenvalue weighted by Crippen LogP contribution is 2.65. The number of hydrogen-bond acceptors (Lipinski definition) is 1. The molecule has 3 nitrogen and oxygen atoms in total. The fraction of sp³-hybridized carbons (Fsp3) is 0.941. The molecule has 2 fully saturated rings. The standard InChI is InChI=1S/C17H32N2O/c1-6-8-19(9-7-2)16(20)18-15-11-14-13(10-12(15)3)17(14,4)5/h12-15H,6-11H2,1-5H3,(H,18,20). The highest BCUT2D eigenvalue weighted by atomic mass is 16.2. The fourth-order valence-corrected chi connectivity index (χ4v) is 4.17. The third-order valence-corrected chi connectivity index (χ3v) is 5.69. The minimum absolute atomic E-state index is 0.155. The highest BCUT2D eigenvalue weighted by Gasteiger charge is 2.60. The third kappa shape index (κ3) is 2.96. The van der Waals surface area contributed by atoms with Gasteiger partial charge in [0.15, 0.2) is 0 Å². The Labute approximate surface area is 124 Å². The van der Waals surface area contributed by atoms with Crippen LogP contribution in [0.4, 0.5) is 4.79 Å². The highest BCUT2D eigenvalue weighted by molar-refractivity contribution is 5.74. The molecule has 2 amide bonds. The topological polar surface area (TPSA) is 32.3 Å². The lowest BCUT2D eigenvalue weighted by Gasteiger charge is -2.32. The van der Waals surface area contributed by atoms with Gasteiger partial charge >= 0.3 is 6.03 Å². The van der Waals surface area contributed by atoms with Crippen molar-refractivity contribution in [1.29, 1.82) is 0 Å².